The summed E-state index contributed by atoms with van der Waals surface area (Å²) in [5, 5.41) is 7.14. The van der Waals surface area contributed by atoms with Crippen molar-refractivity contribution < 1.29 is 0 Å². The molecule has 1 aromatic carbocycles. The Balaban J connectivity index is 0. The molecule has 92 valence electrons. The van der Waals surface area contributed by atoms with Gasteiger partial charge in [0.1, 0.15) is 0 Å². The Bertz CT molecular complexity index is 309. The van der Waals surface area contributed by atoms with E-state index in [0.717, 1.165) is 16.0 Å². The van der Waals surface area contributed by atoms with Crippen LogP contribution in [0.4, 0.5) is 5.69 Å². The lowest BCUT2D eigenvalue weighted by Gasteiger charge is -2.06. The Labute approximate surface area is 104 Å². The summed E-state index contributed by atoms with van der Waals surface area (Å²) in [4.78, 5) is 1.05. The second-order valence-electron chi connectivity index (χ2n) is 2.61. The number of nitrogens with one attached hydrogen (secondary N) is 1. The average molecular weight is 240 g/mol. The van der Waals surface area contributed by atoms with Crippen LogP contribution in [0, 0.1) is 12.3 Å². The van der Waals surface area contributed by atoms with E-state index in [9.17, 15) is 0 Å². The van der Waals surface area contributed by atoms with Crippen molar-refractivity contribution in [2.75, 3.05) is 12.0 Å². The molecule has 0 saturated heterocycles. The Morgan fingerprint density at radius 3 is 2.06 bits per heavy atom. The van der Waals surface area contributed by atoms with Crippen molar-refractivity contribution in [1.82, 2.24) is 0 Å². The first-order valence-corrected chi connectivity index (χ1v) is 6.86. The number of nitrogen functional groups attached to an aromatic ring is 1. The standard InChI is InChI=1S/C9H12N2S.2C2H6/c1-6-3-7(5-10)9(11)8(4-6)12-2;2*1-2/h3-5,10H,11H2,1-2H3;2*1-2H3. The summed E-state index contributed by atoms with van der Waals surface area (Å²) in [6.07, 6.45) is 3.28. The normalized spacial score (nSPS) is 8.12. The highest BCUT2D eigenvalue weighted by molar-refractivity contribution is 7.98. The smallest absolute Gasteiger partial charge is 0.0541 e. The third-order valence-electron chi connectivity index (χ3n) is 1.69. The van der Waals surface area contributed by atoms with Crippen LogP contribution in [0.15, 0.2) is 17.0 Å². The molecule has 0 aliphatic carbocycles. The summed E-state index contributed by atoms with van der Waals surface area (Å²) < 4.78 is 0. The molecule has 0 unspecified atom stereocenters. The average Bonchev–Trinajstić information content (AvgIpc) is 2.36. The van der Waals surface area contributed by atoms with Gasteiger partial charge in [0.2, 0.25) is 0 Å². The van der Waals surface area contributed by atoms with Crippen LogP contribution >= 0.6 is 11.8 Å². The first kappa shape index (κ1) is 17.4. The molecule has 1 aromatic rings. The largest absolute Gasteiger partial charge is 0.397 e. The predicted octanol–water partition coefficient (Wildman–Crippen LogP) is 4.35. The molecule has 0 fully saturated rings. The zero-order valence-electron chi connectivity index (χ0n) is 11.2. The molecule has 0 spiro atoms. The number of nitrogens with two attached hydrogens (primary N) is 1. The molecule has 3 heteroatoms. The van der Waals surface area contributed by atoms with Gasteiger partial charge in [-0.15, -0.1) is 11.8 Å². The lowest BCUT2D eigenvalue weighted by atomic mass is 10.1. The molecule has 0 saturated carbocycles. The van der Waals surface area contributed by atoms with Crippen LogP contribution in [0.3, 0.4) is 0 Å². The van der Waals surface area contributed by atoms with Gasteiger partial charge >= 0.3 is 0 Å². The molecule has 2 nitrogen and oxygen atoms in total. The third-order valence-corrected chi connectivity index (χ3v) is 2.47. The SMILES string of the molecule is CC.CC.CSc1cc(C)cc(C=N)c1N. The number of hydrogen-bond donors (Lipinski definition) is 2. The minimum absolute atomic E-state index is 0.711. The molecule has 16 heavy (non-hydrogen) atoms. The van der Waals surface area contributed by atoms with Crippen molar-refractivity contribution in [3.8, 4) is 0 Å². The molecule has 0 heterocycles. The van der Waals surface area contributed by atoms with Crippen LogP contribution in [0.1, 0.15) is 38.8 Å². The van der Waals surface area contributed by atoms with Gasteiger partial charge in [0.15, 0.2) is 0 Å². The maximum atomic E-state index is 7.14. The topological polar surface area (TPSA) is 49.9 Å². The molecule has 0 aliphatic rings. The molecule has 0 amide bonds. The fourth-order valence-electron chi connectivity index (χ4n) is 1.08. The van der Waals surface area contributed by atoms with Crippen LogP contribution in [-0.2, 0) is 0 Å². The van der Waals surface area contributed by atoms with E-state index < -0.39 is 0 Å². The van der Waals surface area contributed by atoms with E-state index in [1.165, 1.54) is 6.21 Å². The van der Waals surface area contributed by atoms with Gasteiger partial charge in [0.25, 0.3) is 0 Å². The van der Waals surface area contributed by atoms with Gasteiger partial charge in [-0.25, -0.2) is 0 Å². The van der Waals surface area contributed by atoms with E-state index in [1.54, 1.807) is 11.8 Å². The molecular formula is C13H24N2S. The number of rotatable bonds is 2. The lowest BCUT2D eigenvalue weighted by Crippen LogP contribution is -1.96. The summed E-state index contributed by atoms with van der Waals surface area (Å²) in [6.45, 7) is 10.0. The first-order chi connectivity index (χ1) is 7.69. The van der Waals surface area contributed by atoms with Gasteiger partial charge < -0.3 is 11.1 Å². The minimum Gasteiger partial charge on any atom is -0.397 e. The summed E-state index contributed by atoms with van der Waals surface area (Å²) in [6, 6.07) is 3.95. The monoisotopic (exact) mass is 240 g/mol. The van der Waals surface area contributed by atoms with Crippen molar-refractivity contribution >= 4 is 23.7 Å². The van der Waals surface area contributed by atoms with Crippen LogP contribution in [0.5, 0.6) is 0 Å². The van der Waals surface area contributed by atoms with Gasteiger partial charge in [-0.05, 0) is 30.9 Å². The number of thioether (sulfide) groups is 1. The van der Waals surface area contributed by atoms with E-state index >= 15 is 0 Å². The number of aryl methyl sites for hydroxylation is 1. The molecule has 0 aromatic heterocycles. The van der Waals surface area contributed by atoms with Crippen molar-refractivity contribution in [2.45, 2.75) is 39.5 Å². The number of benzene rings is 1. The Morgan fingerprint density at radius 1 is 1.19 bits per heavy atom. The van der Waals surface area contributed by atoms with E-state index in [4.69, 9.17) is 11.1 Å². The number of anilines is 1. The summed E-state index contributed by atoms with van der Waals surface area (Å²) in [5.74, 6) is 0. The molecule has 0 aliphatic heterocycles. The highest BCUT2D eigenvalue weighted by Crippen LogP contribution is 2.26. The lowest BCUT2D eigenvalue weighted by molar-refractivity contribution is 1.35. The van der Waals surface area contributed by atoms with Crippen molar-refractivity contribution in [2.24, 2.45) is 0 Å². The van der Waals surface area contributed by atoms with Gasteiger partial charge in [-0.2, -0.15) is 0 Å². The Kier molecular flexibility index (Phi) is 11.5. The van der Waals surface area contributed by atoms with E-state index in [0.29, 0.717) is 5.69 Å². The summed E-state index contributed by atoms with van der Waals surface area (Å²) in [5.41, 5.74) is 8.46. The Hall–Kier alpha value is -0.960. The molecule has 0 bridgehead atoms. The minimum atomic E-state index is 0.711. The van der Waals surface area contributed by atoms with Gasteiger partial charge in [0, 0.05) is 16.7 Å². The van der Waals surface area contributed by atoms with Gasteiger partial charge in [-0.1, -0.05) is 27.7 Å². The fourth-order valence-corrected chi connectivity index (χ4v) is 1.72. The van der Waals surface area contributed by atoms with Crippen LogP contribution in [0.2, 0.25) is 0 Å². The fraction of sp³-hybridized carbons (Fsp3) is 0.462. The zero-order valence-corrected chi connectivity index (χ0v) is 12.0. The quantitative estimate of drug-likeness (QED) is 0.459. The maximum absolute atomic E-state index is 7.14. The van der Waals surface area contributed by atoms with Gasteiger partial charge in [-0.3, -0.25) is 0 Å². The zero-order chi connectivity index (χ0) is 13.1. The van der Waals surface area contributed by atoms with Crippen LogP contribution in [0.25, 0.3) is 0 Å². The second-order valence-corrected chi connectivity index (χ2v) is 3.46. The number of hydrogen-bond acceptors (Lipinski definition) is 3. The van der Waals surface area contributed by atoms with E-state index in [1.807, 2.05) is 53.0 Å². The summed E-state index contributed by atoms with van der Waals surface area (Å²) >= 11 is 1.61. The molecule has 0 radical (unpaired) electrons. The van der Waals surface area contributed by atoms with E-state index in [2.05, 4.69) is 0 Å². The molecule has 0 atom stereocenters. The van der Waals surface area contributed by atoms with Crippen molar-refractivity contribution in [3.05, 3.63) is 23.3 Å². The highest BCUT2D eigenvalue weighted by atomic mass is 32.2. The third kappa shape index (κ3) is 5.21. The Morgan fingerprint density at radius 2 is 1.69 bits per heavy atom. The highest BCUT2D eigenvalue weighted by Gasteiger charge is 2.02. The molecule has 1 rings (SSSR count). The predicted molar refractivity (Wildman–Crippen MR) is 78.0 cm³/mol. The van der Waals surface area contributed by atoms with Crippen LogP contribution in [-0.4, -0.2) is 12.5 Å². The molecular weight excluding hydrogens is 216 g/mol. The maximum Gasteiger partial charge on any atom is 0.0541 e. The second kappa shape index (κ2) is 10.6. The van der Waals surface area contributed by atoms with Crippen LogP contribution < -0.4 is 5.73 Å². The van der Waals surface area contributed by atoms with Crippen molar-refractivity contribution in [3.63, 3.8) is 0 Å². The molecule has 3 N–H and O–H groups in total. The van der Waals surface area contributed by atoms with Gasteiger partial charge in [0.05, 0.1) is 5.69 Å². The van der Waals surface area contributed by atoms with Crippen molar-refractivity contribution in [1.29, 1.82) is 5.41 Å². The van der Waals surface area contributed by atoms with E-state index in [-0.39, 0.29) is 0 Å². The first-order valence-electron chi connectivity index (χ1n) is 5.63. The summed E-state index contributed by atoms with van der Waals surface area (Å²) in [7, 11) is 0.